The van der Waals surface area contributed by atoms with E-state index in [0.29, 0.717) is 10.8 Å². The second kappa shape index (κ2) is 4.40. The van der Waals surface area contributed by atoms with Gasteiger partial charge in [0.1, 0.15) is 0 Å². The summed E-state index contributed by atoms with van der Waals surface area (Å²) in [6.07, 6.45) is 0. The molecule has 0 amide bonds. The van der Waals surface area contributed by atoms with E-state index in [9.17, 15) is 0 Å². The summed E-state index contributed by atoms with van der Waals surface area (Å²) >= 11 is 11.8. The van der Waals surface area contributed by atoms with Crippen molar-refractivity contribution in [1.29, 1.82) is 0 Å². The molecule has 0 saturated heterocycles. The maximum Gasteiger partial charge on any atom is 0.245 e. The third-order valence-electron chi connectivity index (χ3n) is 2.18. The molecule has 90 valence electrons. The van der Waals surface area contributed by atoms with Crippen LogP contribution in [0.5, 0.6) is 0 Å². The summed E-state index contributed by atoms with van der Waals surface area (Å²) in [5.41, 5.74) is 1.34. The molecule has 2 aromatic heterocycles. The lowest BCUT2D eigenvalue weighted by Gasteiger charge is -2.05. The maximum absolute atomic E-state index is 5.97. The molecule has 0 radical (unpaired) electrons. The first-order chi connectivity index (χ1) is 8.72. The lowest BCUT2D eigenvalue weighted by Crippen LogP contribution is -1.97. The van der Waals surface area contributed by atoms with E-state index in [2.05, 4.69) is 30.2 Å². The number of halogens is 2. The first-order valence-corrected chi connectivity index (χ1v) is 5.66. The van der Waals surface area contributed by atoms with Crippen LogP contribution in [-0.4, -0.2) is 20.3 Å². The molecule has 0 bridgehead atoms. The molecule has 2 heterocycles. The predicted molar refractivity (Wildman–Crippen MR) is 67.1 cm³/mol. The molecule has 0 spiro atoms. The van der Waals surface area contributed by atoms with Gasteiger partial charge in [-0.15, -0.1) is 0 Å². The largest absolute Gasteiger partial charge is 0.338 e. The molecular formula is C10H5Cl2N5O. The molecule has 1 N–H and O–H groups in total. The number of rotatable bonds is 2. The van der Waals surface area contributed by atoms with Gasteiger partial charge in [0, 0.05) is 10.7 Å². The van der Waals surface area contributed by atoms with Crippen molar-refractivity contribution in [2.75, 3.05) is 5.32 Å². The van der Waals surface area contributed by atoms with E-state index in [0.717, 1.165) is 5.69 Å². The zero-order chi connectivity index (χ0) is 12.5. The minimum Gasteiger partial charge on any atom is -0.338 e. The highest BCUT2D eigenvalue weighted by atomic mass is 35.5. The highest BCUT2D eigenvalue weighted by molar-refractivity contribution is 6.32. The van der Waals surface area contributed by atoms with E-state index < -0.39 is 0 Å². The average molecular weight is 282 g/mol. The van der Waals surface area contributed by atoms with Crippen molar-refractivity contribution in [1.82, 2.24) is 20.3 Å². The molecule has 0 aliphatic heterocycles. The summed E-state index contributed by atoms with van der Waals surface area (Å²) in [7, 11) is 0. The zero-order valence-corrected chi connectivity index (χ0v) is 10.3. The van der Waals surface area contributed by atoms with Gasteiger partial charge in [0.2, 0.25) is 11.3 Å². The van der Waals surface area contributed by atoms with Crippen LogP contribution in [-0.2, 0) is 0 Å². The molecule has 0 aliphatic rings. The van der Waals surface area contributed by atoms with Crippen molar-refractivity contribution >= 4 is 46.0 Å². The number of aromatic nitrogens is 4. The second-order valence-corrected chi connectivity index (χ2v) is 4.20. The van der Waals surface area contributed by atoms with Crippen LogP contribution in [0.2, 0.25) is 10.2 Å². The monoisotopic (exact) mass is 281 g/mol. The van der Waals surface area contributed by atoms with E-state index in [1.54, 1.807) is 24.3 Å². The van der Waals surface area contributed by atoms with Crippen molar-refractivity contribution in [2.24, 2.45) is 0 Å². The van der Waals surface area contributed by atoms with Crippen molar-refractivity contribution in [3.63, 3.8) is 0 Å². The van der Waals surface area contributed by atoms with Gasteiger partial charge in [-0.2, -0.15) is 0 Å². The van der Waals surface area contributed by atoms with Crippen LogP contribution in [0, 0.1) is 0 Å². The van der Waals surface area contributed by atoms with Gasteiger partial charge in [-0.3, -0.25) is 0 Å². The second-order valence-electron chi connectivity index (χ2n) is 3.41. The Balaban J connectivity index is 1.98. The van der Waals surface area contributed by atoms with Gasteiger partial charge in [-0.1, -0.05) is 23.2 Å². The van der Waals surface area contributed by atoms with Crippen LogP contribution in [0.15, 0.2) is 28.9 Å². The molecule has 0 saturated carbocycles. The third kappa shape index (κ3) is 2.07. The molecule has 0 unspecified atom stereocenters. The number of fused-ring (bicyclic) bond motifs is 1. The summed E-state index contributed by atoms with van der Waals surface area (Å²) in [5, 5.41) is 11.0. The van der Waals surface area contributed by atoms with Gasteiger partial charge >= 0.3 is 0 Å². The fraction of sp³-hybridized carbons (Fsp3) is 0. The fourth-order valence-electron chi connectivity index (χ4n) is 1.37. The molecule has 18 heavy (non-hydrogen) atoms. The van der Waals surface area contributed by atoms with Crippen LogP contribution >= 0.6 is 23.2 Å². The molecule has 0 fully saturated rings. The molecule has 1 aromatic carbocycles. The van der Waals surface area contributed by atoms with Crippen molar-refractivity contribution < 1.29 is 4.63 Å². The zero-order valence-electron chi connectivity index (χ0n) is 8.76. The molecule has 8 heteroatoms. The van der Waals surface area contributed by atoms with Gasteiger partial charge in [-0.05, 0) is 34.6 Å². The SMILES string of the molecule is Clc1ccc(Nc2nc3nonc3nc2Cl)cc1. The van der Waals surface area contributed by atoms with E-state index in [1.165, 1.54) is 0 Å². The highest BCUT2D eigenvalue weighted by Crippen LogP contribution is 2.24. The number of hydrogen-bond donors (Lipinski definition) is 1. The van der Waals surface area contributed by atoms with Gasteiger partial charge in [-0.25, -0.2) is 14.6 Å². The molecular weight excluding hydrogens is 277 g/mol. The Morgan fingerprint density at radius 3 is 2.33 bits per heavy atom. The summed E-state index contributed by atoms with van der Waals surface area (Å²) in [6, 6.07) is 7.10. The normalized spacial score (nSPS) is 10.8. The summed E-state index contributed by atoms with van der Waals surface area (Å²) in [5.74, 6) is 0.377. The number of benzene rings is 1. The predicted octanol–water partition coefficient (Wildman–Crippen LogP) is 3.06. The van der Waals surface area contributed by atoms with Crippen LogP contribution in [0.4, 0.5) is 11.5 Å². The van der Waals surface area contributed by atoms with Crippen LogP contribution in [0.1, 0.15) is 0 Å². The lowest BCUT2D eigenvalue weighted by atomic mass is 10.3. The van der Waals surface area contributed by atoms with Crippen LogP contribution < -0.4 is 5.32 Å². The topological polar surface area (TPSA) is 76.7 Å². The minimum atomic E-state index is 0.188. The maximum atomic E-state index is 5.97. The van der Waals surface area contributed by atoms with E-state index in [4.69, 9.17) is 23.2 Å². The third-order valence-corrected chi connectivity index (χ3v) is 2.69. The minimum absolute atomic E-state index is 0.188. The van der Waals surface area contributed by atoms with E-state index in [-0.39, 0.29) is 16.4 Å². The molecule has 0 atom stereocenters. The smallest absolute Gasteiger partial charge is 0.245 e. The summed E-state index contributed by atoms with van der Waals surface area (Å²) < 4.78 is 4.51. The van der Waals surface area contributed by atoms with Crippen molar-refractivity contribution in [2.45, 2.75) is 0 Å². The number of nitrogens with one attached hydrogen (secondary N) is 1. The Hall–Kier alpha value is -1.92. The Labute approximate surface area is 111 Å². The first kappa shape index (κ1) is 11.2. The Morgan fingerprint density at radius 2 is 1.61 bits per heavy atom. The Bertz CT molecular complexity index is 697. The fourth-order valence-corrected chi connectivity index (χ4v) is 1.66. The number of nitrogens with zero attached hydrogens (tertiary/aromatic N) is 4. The number of hydrogen-bond acceptors (Lipinski definition) is 6. The van der Waals surface area contributed by atoms with Crippen molar-refractivity contribution in [3.05, 3.63) is 34.4 Å². The molecule has 6 nitrogen and oxygen atoms in total. The Kier molecular flexibility index (Phi) is 2.73. The van der Waals surface area contributed by atoms with Gasteiger partial charge < -0.3 is 5.32 Å². The van der Waals surface area contributed by atoms with E-state index >= 15 is 0 Å². The molecule has 0 aliphatic carbocycles. The first-order valence-electron chi connectivity index (χ1n) is 4.91. The van der Waals surface area contributed by atoms with E-state index in [1.807, 2.05) is 0 Å². The van der Waals surface area contributed by atoms with Gasteiger partial charge in [0.05, 0.1) is 0 Å². The van der Waals surface area contributed by atoms with Crippen LogP contribution in [0.25, 0.3) is 11.3 Å². The van der Waals surface area contributed by atoms with Crippen molar-refractivity contribution in [3.8, 4) is 0 Å². The number of anilines is 2. The Morgan fingerprint density at radius 1 is 0.944 bits per heavy atom. The standard InChI is InChI=1S/C10H5Cl2N5O/c11-5-1-3-6(4-2-5)13-8-7(12)14-9-10(15-8)17-18-16-9/h1-4H,(H,13,15,17). The summed E-state index contributed by atoms with van der Waals surface area (Å²) in [6.45, 7) is 0. The molecule has 3 rings (SSSR count). The van der Waals surface area contributed by atoms with Gasteiger partial charge in [0.15, 0.2) is 11.0 Å². The molecule has 3 aromatic rings. The lowest BCUT2D eigenvalue weighted by molar-refractivity contribution is 0.314. The summed E-state index contributed by atoms with van der Waals surface area (Å²) in [4.78, 5) is 8.14. The van der Waals surface area contributed by atoms with Gasteiger partial charge in [0.25, 0.3) is 0 Å². The average Bonchev–Trinajstić information content (AvgIpc) is 2.79. The quantitative estimate of drug-likeness (QED) is 0.778. The van der Waals surface area contributed by atoms with Crippen LogP contribution in [0.3, 0.4) is 0 Å². The highest BCUT2D eigenvalue weighted by Gasteiger charge is 2.10.